The van der Waals surface area contributed by atoms with E-state index in [0.717, 1.165) is 12.8 Å². The zero-order chi connectivity index (χ0) is 17.6. The van der Waals surface area contributed by atoms with Crippen molar-refractivity contribution in [3.8, 4) is 0 Å². The van der Waals surface area contributed by atoms with Gasteiger partial charge in [-0.1, -0.05) is 109 Å². The van der Waals surface area contributed by atoms with Crippen molar-refractivity contribution in [1.82, 2.24) is 0 Å². The molecule has 128 valence electrons. The first-order chi connectivity index (χ1) is 12.9. The van der Waals surface area contributed by atoms with Crippen LogP contribution in [0.15, 0.2) is 115 Å². The Morgan fingerprint density at radius 1 is 0.500 bits per heavy atom. The molecule has 1 aliphatic carbocycles. The summed E-state index contributed by atoms with van der Waals surface area (Å²) < 4.78 is 0. The van der Waals surface area contributed by atoms with Crippen LogP contribution in [-0.4, -0.2) is 0 Å². The van der Waals surface area contributed by atoms with Crippen LogP contribution < -0.4 is 0 Å². The highest BCUT2D eigenvalue weighted by molar-refractivity contribution is 5.46. The lowest BCUT2D eigenvalue weighted by molar-refractivity contribution is 0.686. The first-order valence-electron chi connectivity index (χ1n) is 9.45. The minimum Gasteiger partial charge on any atom is -0.0839 e. The van der Waals surface area contributed by atoms with Crippen LogP contribution in [0.3, 0.4) is 0 Å². The Hall–Kier alpha value is -2.86. The summed E-state index contributed by atoms with van der Waals surface area (Å²) in [4.78, 5) is 0. The first kappa shape index (κ1) is 16.6. The Labute approximate surface area is 156 Å². The van der Waals surface area contributed by atoms with Crippen LogP contribution in [0.1, 0.15) is 41.4 Å². The Kier molecular flexibility index (Phi) is 5.12. The van der Waals surface area contributed by atoms with E-state index < -0.39 is 0 Å². The third-order valence-electron chi connectivity index (χ3n) is 5.19. The fourth-order valence-corrected chi connectivity index (χ4v) is 4.00. The van der Waals surface area contributed by atoms with Crippen LogP contribution >= 0.6 is 0 Å². The number of rotatable bonds is 5. The molecule has 0 aliphatic heterocycles. The van der Waals surface area contributed by atoms with Crippen molar-refractivity contribution in [2.75, 3.05) is 0 Å². The van der Waals surface area contributed by atoms with Gasteiger partial charge in [0.2, 0.25) is 0 Å². The molecule has 0 spiro atoms. The summed E-state index contributed by atoms with van der Waals surface area (Å²) in [5, 5.41) is 0. The average molecular weight is 336 g/mol. The van der Waals surface area contributed by atoms with Gasteiger partial charge >= 0.3 is 0 Å². The molecule has 0 radical (unpaired) electrons. The molecule has 0 amide bonds. The van der Waals surface area contributed by atoms with E-state index in [1.54, 1.807) is 0 Å². The van der Waals surface area contributed by atoms with Crippen molar-refractivity contribution < 1.29 is 0 Å². The molecule has 3 aromatic rings. The lowest BCUT2D eigenvalue weighted by Gasteiger charge is -2.31. The van der Waals surface area contributed by atoms with Crippen molar-refractivity contribution in [2.45, 2.75) is 24.7 Å². The lowest BCUT2D eigenvalue weighted by Crippen LogP contribution is -2.15. The predicted molar refractivity (Wildman–Crippen MR) is 110 cm³/mol. The summed E-state index contributed by atoms with van der Waals surface area (Å²) in [7, 11) is 0. The number of hydrogen-bond acceptors (Lipinski definition) is 0. The fourth-order valence-electron chi connectivity index (χ4n) is 4.00. The monoisotopic (exact) mass is 336 g/mol. The van der Waals surface area contributed by atoms with Crippen molar-refractivity contribution in [1.29, 1.82) is 0 Å². The smallest absolute Gasteiger partial charge is 0.0199 e. The second-order valence-electron chi connectivity index (χ2n) is 6.87. The van der Waals surface area contributed by atoms with Crippen LogP contribution in [0.4, 0.5) is 0 Å². The second-order valence-corrected chi connectivity index (χ2v) is 6.87. The van der Waals surface area contributed by atoms with Crippen molar-refractivity contribution >= 4 is 0 Å². The van der Waals surface area contributed by atoms with Gasteiger partial charge in [0.1, 0.15) is 0 Å². The maximum absolute atomic E-state index is 2.43. The van der Waals surface area contributed by atoms with Gasteiger partial charge in [0.05, 0.1) is 0 Å². The van der Waals surface area contributed by atoms with Gasteiger partial charge in [-0.15, -0.1) is 0 Å². The van der Waals surface area contributed by atoms with Crippen molar-refractivity contribution in [3.05, 3.63) is 131 Å². The van der Waals surface area contributed by atoms with E-state index in [1.165, 1.54) is 22.3 Å². The van der Waals surface area contributed by atoms with Crippen molar-refractivity contribution in [2.24, 2.45) is 0 Å². The average Bonchev–Trinajstić information content (AvgIpc) is 2.74. The van der Waals surface area contributed by atoms with Gasteiger partial charge in [-0.05, 0) is 35.1 Å². The fraction of sp³-hybridized carbons (Fsp3) is 0.154. The predicted octanol–water partition coefficient (Wildman–Crippen LogP) is 6.88. The van der Waals surface area contributed by atoms with Crippen LogP contribution in [-0.2, 0) is 0 Å². The van der Waals surface area contributed by atoms with Gasteiger partial charge in [0.25, 0.3) is 0 Å². The van der Waals surface area contributed by atoms with Crippen LogP contribution in [0, 0.1) is 0 Å². The second kappa shape index (κ2) is 8.01. The molecule has 26 heavy (non-hydrogen) atoms. The molecule has 0 aromatic heterocycles. The molecule has 0 bridgehead atoms. The maximum Gasteiger partial charge on any atom is 0.0199 e. The Morgan fingerprint density at radius 3 is 1.38 bits per heavy atom. The molecule has 0 nitrogen and oxygen atoms in total. The minimum atomic E-state index is 0.300. The van der Waals surface area contributed by atoms with Gasteiger partial charge in [-0.3, -0.25) is 0 Å². The molecule has 4 rings (SSSR count). The molecule has 0 fully saturated rings. The quantitative estimate of drug-likeness (QED) is 0.476. The third kappa shape index (κ3) is 3.55. The van der Waals surface area contributed by atoms with Gasteiger partial charge in [-0.2, -0.15) is 0 Å². The normalized spacial score (nSPS) is 14.9. The zero-order valence-electron chi connectivity index (χ0n) is 15.0. The molecular formula is C26H24. The zero-order valence-corrected chi connectivity index (χ0v) is 15.0. The summed E-state index contributed by atoms with van der Waals surface area (Å²) in [6.45, 7) is 0. The van der Waals surface area contributed by atoms with Crippen LogP contribution in [0.2, 0.25) is 0 Å². The minimum absolute atomic E-state index is 0.300. The summed E-state index contributed by atoms with van der Waals surface area (Å²) >= 11 is 0. The summed E-state index contributed by atoms with van der Waals surface area (Å²) in [6, 6.07) is 32.8. The van der Waals surface area contributed by atoms with E-state index in [4.69, 9.17) is 0 Å². The molecule has 0 saturated heterocycles. The number of benzene rings is 3. The molecule has 0 saturated carbocycles. The number of hydrogen-bond donors (Lipinski definition) is 0. The Bertz CT molecular complexity index is 834. The molecule has 0 N–H and O–H groups in total. The van der Waals surface area contributed by atoms with Crippen LogP contribution in [0.25, 0.3) is 0 Å². The standard InChI is InChI=1S/C26H24/c1-5-13-21(14-6-1)25(22-15-7-2-8-16-22)26(23-17-9-3-10-18-23)24-19-11-4-12-20-24/h1-3,5-11,13-20,25-26H,4,12H2. The van der Waals surface area contributed by atoms with Gasteiger partial charge in [-0.25, -0.2) is 0 Å². The first-order valence-corrected chi connectivity index (χ1v) is 9.45. The molecule has 0 heteroatoms. The summed E-state index contributed by atoms with van der Waals surface area (Å²) in [5.41, 5.74) is 5.54. The van der Waals surface area contributed by atoms with Crippen molar-refractivity contribution in [3.63, 3.8) is 0 Å². The third-order valence-corrected chi connectivity index (χ3v) is 5.19. The molecule has 0 heterocycles. The van der Waals surface area contributed by atoms with E-state index in [9.17, 15) is 0 Å². The summed E-state index contributed by atoms with van der Waals surface area (Å²) in [6.07, 6.45) is 9.35. The Balaban J connectivity index is 1.89. The van der Waals surface area contributed by atoms with Gasteiger partial charge in [0, 0.05) is 11.8 Å². The SMILES string of the molecule is C1=CC(C(c2ccccc2)C(c2ccccc2)c2ccccc2)=CCC1. The van der Waals surface area contributed by atoms with E-state index in [2.05, 4.69) is 109 Å². The lowest BCUT2D eigenvalue weighted by atomic mass is 9.72. The van der Waals surface area contributed by atoms with E-state index in [-0.39, 0.29) is 0 Å². The molecule has 1 aliphatic rings. The summed E-state index contributed by atoms with van der Waals surface area (Å²) in [5.74, 6) is 0.617. The molecule has 3 aromatic carbocycles. The molecular weight excluding hydrogens is 312 g/mol. The van der Waals surface area contributed by atoms with Crippen LogP contribution in [0.5, 0.6) is 0 Å². The van der Waals surface area contributed by atoms with Gasteiger partial charge < -0.3 is 0 Å². The van der Waals surface area contributed by atoms with Gasteiger partial charge in [0.15, 0.2) is 0 Å². The molecule has 1 atom stereocenters. The largest absolute Gasteiger partial charge is 0.0839 e. The maximum atomic E-state index is 2.43. The molecule has 1 unspecified atom stereocenters. The Morgan fingerprint density at radius 2 is 0.962 bits per heavy atom. The van der Waals surface area contributed by atoms with E-state index in [1.807, 2.05) is 0 Å². The highest BCUT2D eigenvalue weighted by Gasteiger charge is 2.28. The highest BCUT2D eigenvalue weighted by atomic mass is 14.3. The van der Waals surface area contributed by atoms with E-state index >= 15 is 0 Å². The number of allylic oxidation sites excluding steroid dienone is 4. The van der Waals surface area contributed by atoms with E-state index in [0.29, 0.717) is 11.8 Å². The topological polar surface area (TPSA) is 0 Å². The highest BCUT2D eigenvalue weighted by Crippen LogP contribution is 2.44.